The van der Waals surface area contributed by atoms with Gasteiger partial charge in [-0.25, -0.2) is 8.42 Å². The molecule has 0 N–H and O–H groups in total. The van der Waals surface area contributed by atoms with Gasteiger partial charge in [0.25, 0.3) is 10.0 Å². The first kappa shape index (κ1) is 10.1. The summed E-state index contributed by atoms with van der Waals surface area (Å²) in [5.41, 5.74) is 0.159. The van der Waals surface area contributed by atoms with Gasteiger partial charge in [-0.3, -0.25) is 4.79 Å². The van der Waals surface area contributed by atoms with Crippen molar-refractivity contribution in [3.8, 4) is 0 Å². The normalized spacial score (nSPS) is 20.6. The molecule has 6 heteroatoms. The maximum Gasteiger partial charge on any atom is 0.250 e. The minimum Gasteiger partial charge on any atom is -0.288 e. The van der Waals surface area contributed by atoms with Crippen molar-refractivity contribution in [2.45, 2.75) is 0 Å². The number of hydrogen-bond acceptors (Lipinski definition) is 3. The van der Waals surface area contributed by atoms with Crippen LogP contribution >= 0.6 is 11.6 Å². The highest BCUT2D eigenvalue weighted by atomic mass is 35.5. The lowest BCUT2D eigenvalue weighted by Gasteiger charge is -2.00. The van der Waals surface area contributed by atoms with Gasteiger partial charge in [-0.05, 0) is 18.2 Å². The molecule has 0 aliphatic heterocycles. The second-order valence-electron chi connectivity index (χ2n) is 2.44. The van der Waals surface area contributed by atoms with Crippen LogP contribution in [0.15, 0.2) is 27.7 Å². The Bertz CT molecular complexity index is 431. The van der Waals surface area contributed by atoms with Crippen molar-refractivity contribution >= 4 is 33.1 Å². The molecule has 70 valence electrons. The van der Waals surface area contributed by atoms with E-state index in [4.69, 9.17) is 11.6 Å². The van der Waals surface area contributed by atoms with Crippen LogP contribution in [0.1, 0.15) is 0 Å². The second-order valence-corrected chi connectivity index (χ2v) is 4.49. The number of halogens is 1. The zero-order valence-corrected chi connectivity index (χ0v) is 8.26. The third kappa shape index (κ3) is 3.12. The number of allylic oxidation sites excluding steroid dienone is 4. The van der Waals surface area contributed by atoms with Gasteiger partial charge in [0.05, 0.1) is 17.0 Å². The highest BCUT2D eigenvalue weighted by Gasteiger charge is 2.10. The molecule has 0 radical (unpaired) electrons. The van der Waals surface area contributed by atoms with Crippen LogP contribution in [0.2, 0.25) is 0 Å². The average Bonchev–Trinajstić information content (AvgIpc) is 1.94. The van der Waals surface area contributed by atoms with E-state index in [9.17, 15) is 13.2 Å². The molecule has 0 bridgehead atoms. The smallest absolute Gasteiger partial charge is 0.250 e. The fraction of sp³-hybridized carbons (Fsp3) is 0.143. The molecule has 0 spiro atoms. The minimum absolute atomic E-state index is 0.0371. The molecule has 1 aliphatic carbocycles. The molecule has 0 aromatic rings. The molecule has 0 amide bonds. The molecule has 0 heterocycles. The Labute approximate surface area is 80.7 Å². The lowest BCUT2D eigenvalue weighted by Crippen LogP contribution is -2.05. The van der Waals surface area contributed by atoms with E-state index in [2.05, 4.69) is 4.40 Å². The molecule has 0 atom stereocenters. The summed E-state index contributed by atoms with van der Waals surface area (Å²) >= 11 is 5.48. The van der Waals surface area contributed by atoms with E-state index < -0.39 is 10.0 Å². The molecular weight excluding hydrogens is 214 g/mol. The van der Waals surface area contributed by atoms with Crippen molar-refractivity contribution in [1.29, 1.82) is 0 Å². The van der Waals surface area contributed by atoms with Crippen molar-refractivity contribution in [2.75, 3.05) is 6.26 Å². The molecule has 0 aromatic carbocycles. The number of ketones is 1. The first-order chi connectivity index (χ1) is 5.88. The van der Waals surface area contributed by atoms with Crippen LogP contribution in [-0.2, 0) is 14.8 Å². The van der Waals surface area contributed by atoms with E-state index in [1.54, 1.807) is 0 Å². The molecule has 0 aromatic heterocycles. The lowest BCUT2D eigenvalue weighted by molar-refractivity contribution is -0.110. The van der Waals surface area contributed by atoms with Crippen LogP contribution in [0.3, 0.4) is 0 Å². The number of sulfonamides is 1. The van der Waals surface area contributed by atoms with E-state index >= 15 is 0 Å². The molecule has 1 rings (SSSR count). The van der Waals surface area contributed by atoms with Crippen molar-refractivity contribution in [1.82, 2.24) is 0 Å². The highest BCUT2D eigenvalue weighted by molar-refractivity contribution is 7.89. The van der Waals surface area contributed by atoms with Crippen molar-refractivity contribution in [3.05, 3.63) is 23.3 Å². The van der Waals surface area contributed by atoms with Crippen molar-refractivity contribution in [3.63, 3.8) is 0 Å². The summed E-state index contributed by atoms with van der Waals surface area (Å²) in [7, 11) is -3.44. The van der Waals surface area contributed by atoms with Gasteiger partial charge in [0.15, 0.2) is 5.78 Å². The third-order valence-electron chi connectivity index (χ3n) is 1.19. The number of nitrogens with zero attached hydrogens (tertiary/aromatic N) is 1. The Hall–Kier alpha value is -0.940. The lowest BCUT2D eigenvalue weighted by atomic mass is 10.2. The van der Waals surface area contributed by atoms with Gasteiger partial charge in [-0.1, -0.05) is 11.6 Å². The molecule has 4 nitrogen and oxygen atoms in total. The van der Waals surface area contributed by atoms with Gasteiger partial charge >= 0.3 is 0 Å². The summed E-state index contributed by atoms with van der Waals surface area (Å²) in [6.07, 6.45) is 4.65. The van der Waals surface area contributed by atoms with E-state index in [0.29, 0.717) is 0 Å². The molecule has 13 heavy (non-hydrogen) atoms. The summed E-state index contributed by atoms with van der Waals surface area (Å²) in [5, 5.41) is -0.0371. The quantitative estimate of drug-likeness (QED) is 0.609. The Balaban J connectivity index is 3.07. The average molecular weight is 220 g/mol. The maximum absolute atomic E-state index is 10.8. The van der Waals surface area contributed by atoms with Crippen molar-refractivity contribution < 1.29 is 13.2 Å². The summed E-state index contributed by atoms with van der Waals surface area (Å²) < 4.78 is 24.8. The Kier molecular flexibility index (Phi) is 2.68. The van der Waals surface area contributed by atoms with E-state index in [1.807, 2.05) is 0 Å². The fourth-order valence-corrected chi connectivity index (χ4v) is 1.41. The van der Waals surface area contributed by atoms with Crippen molar-refractivity contribution in [2.24, 2.45) is 4.40 Å². The molecule has 0 unspecified atom stereocenters. The first-order valence-corrected chi connectivity index (χ1v) is 5.51. The van der Waals surface area contributed by atoms with Crippen LogP contribution in [-0.4, -0.2) is 26.2 Å². The summed E-state index contributed by atoms with van der Waals surface area (Å²) in [6, 6.07) is 0. The van der Waals surface area contributed by atoms with E-state index in [1.165, 1.54) is 18.2 Å². The Morgan fingerprint density at radius 1 is 1.38 bits per heavy atom. The zero-order valence-electron chi connectivity index (χ0n) is 6.69. The predicted molar refractivity (Wildman–Crippen MR) is 50.4 cm³/mol. The van der Waals surface area contributed by atoms with Gasteiger partial charge < -0.3 is 0 Å². The minimum atomic E-state index is -3.44. The Morgan fingerprint density at radius 2 is 2.00 bits per heavy atom. The highest BCUT2D eigenvalue weighted by Crippen LogP contribution is 2.10. The second kappa shape index (κ2) is 3.43. The first-order valence-electron chi connectivity index (χ1n) is 3.28. The number of hydrogen-bond donors (Lipinski definition) is 0. The fourth-order valence-electron chi connectivity index (χ4n) is 0.738. The van der Waals surface area contributed by atoms with Gasteiger partial charge in [0.1, 0.15) is 0 Å². The van der Waals surface area contributed by atoms with E-state index in [0.717, 1.165) is 6.26 Å². The Morgan fingerprint density at radius 3 is 2.46 bits per heavy atom. The molecule has 0 fully saturated rings. The predicted octanol–water partition coefficient (Wildman–Crippen LogP) is 0.649. The largest absolute Gasteiger partial charge is 0.288 e. The monoisotopic (exact) mass is 219 g/mol. The molecule has 1 aliphatic rings. The van der Waals surface area contributed by atoms with E-state index in [-0.39, 0.29) is 16.5 Å². The topological polar surface area (TPSA) is 63.6 Å². The number of carbonyl (C=O) groups excluding carboxylic acids is 1. The van der Waals surface area contributed by atoms with Gasteiger partial charge in [-0.2, -0.15) is 4.40 Å². The maximum atomic E-state index is 10.8. The van der Waals surface area contributed by atoms with Crippen LogP contribution < -0.4 is 0 Å². The van der Waals surface area contributed by atoms with Crippen LogP contribution in [0.4, 0.5) is 0 Å². The van der Waals surface area contributed by atoms with Gasteiger partial charge in [-0.15, -0.1) is 0 Å². The summed E-state index contributed by atoms with van der Waals surface area (Å²) in [5.74, 6) is -0.353. The molecular formula is C7H6ClNO3S. The van der Waals surface area contributed by atoms with Crippen LogP contribution in [0, 0.1) is 0 Å². The standard InChI is InChI=1S/C7H6ClNO3S/c1-13(11,12)9-5-2-3-7(10)6(8)4-5/h2-4H,1H3. The SMILES string of the molecule is CS(=O)(=O)N=C1C=CC(=O)C(Cl)=C1. The summed E-state index contributed by atoms with van der Waals surface area (Å²) in [6.45, 7) is 0. The molecule has 0 saturated heterocycles. The number of carbonyl (C=O) groups is 1. The summed E-state index contributed by atoms with van der Waals surface area (Å²) in [4.78, 5) is 10.8. The molecule has 0 saturated carbocycles. The zero-order chi connectivity index (χ0) is 10.1. The van der Waals surface area contributed by atoms with Crippen LogP contribution in [0.25, 0.3) is 0 Å². The number of rotatable bonds is 1. The van der Waals surface area contributed by atoms with Crippen LogP contribution in [0.5, 0.6) is 0 Å². The van der Waals surface area contributed by atoms with Gasteiger partial charge in [0.2, 0.25) is 0 Å². The third-order valence-corrected chi connectivity index (χ3v) is 2.02. The van der Waals surface area contributed by atoms with Gasteiger partial charge in [0, 0.05) is 0 Å².